The van der Waals surface area contributed by atoms with Crippen LogP contribution in [0.3, 0.4) is 0 Å². The summed E-state index contributed by atoms with van der Waals surface area (Å²) < 4.78 is 27.5. The summed E-state index contributed by atoms with van der Waals surface area (Å²) in [4.78, 5) is 32.5. The van der Waals surface area contributed by atoms with E-state index >= 15 is 4.39 Å². The molecule has 2 aromatic rings. The van der Waals surface area contributed by atoms with Crippen LogP contribution in [0.5, 0.6) is 6.01 Å². The van der Waals surface area contributed by atoms with Gasteiger partial charge in [0, 0.05) is 19.6 Å². The first-order chi connectivity index (χ1) is 18.5. The Balaban J connectivity index is 1.50. The molecule has 39 heavy (non-hydrogen) atoms. The number of amides is 1. The van der Waals surface area contributed by atoms with E-state index in [0.717, 1.165) is 38.8 Å². The molecule has 3 fully saturated rings. The Morgan fingerprint density at radius 1 is 1.21 bits per heavy atom. The molecule has 9 nitrogen and oxygen atoms in total. The average molecular weight is 626 g/mol. The number of carbonyl (C=O) groups is 1. The smallest absolute Gasteiger partial charge is 0.410 e. The molecule has 3 aliphatic heterocycles. The zero-order chi connectivity index (χ0) is 27.9. The maximum Gasteiger partial charge on any atom is 0.410 e. The monoisotopic (exact) mass is 624 g/mol. The van der Waals surface area contributed by atoms with Crippen LogP contribution in [-0.2, 0) is 4.74 Å². The van der Waals surface area contributed by atoms with E-state index in [2.05, 4.69) is 42.3 Å². The van der Waals surface area contributed by atoms with Crippen molar-refractivity contribution >= 4 is 50.3 Å². The lowest BCUT2D eigenvalue weighted by Crippen LogP contribution is -2.55. The Bertz CT molecular complexity index is 1260. The van der Waals surface area contributed by atoms with Crippen molar-refractivity contribution in [2.24, 2.45) is 0 Å². The molecule has 12 heteroatoms. The summed E-state index contributed by atoms with van der Waals surface area (Å²) in [6.45, 7) is 13.3. The lowest BCUT2D eigenvalue weighted by molar-refractivity contribution is 0.0214. The third-order valence-electron chi connectivity index (χ3n) is 7.79. The van der Waals surface area contributed by atoms with Crippen molar-refractivity contribution in [3.05, 3.63) is 28.2 Å². The van der Waals surface area contributed by atoms with E-state index in [0.29, 0.717) is 48.5 Å². The van der Waals surface area contributed by atoms with Crippen molar-refractivity contribution in [2.75, 3.05) is 44.2 Å². The standard InChI is InChI=1S/C27H35BrClFN6O3/c1-5-8-17-15-34(25(37)39-26(2,3)4)13-14-36(17)23-18-20(19(30)22(29)32-21(18)28)31-24(33-23)38-16-27-9-6-11-35(27)12-7-10-27/h5,17H,1,6-16H2,2-4H3. The van der Waals surface area contributed by atoms with Gasteiger partial charge in [-0.25, -0.2) is 14.2 Å². The third kappa shape index (κ3) is 5.67. The van der Waals surface area contributed by atoms with Gasteiger partial charge in [0.1, 0.15) is 28.1 Å². The largest absolute Gasteiger partial charge is 0.461 e. The first-order valence-corrected chi connectivity index (χ1v) is 14.6. The summed E-state index contributed by atoms with van der Waals surface area (Å²) in [6.07, 6.45) is 6.41. The van der Waals surface area contributed by atoms with Crippen LogP contribution in [0.15, 0.2) is 17.3 Å². The Hall–Kier alpha value is -2.24. The molecule has 0 bridgehead atoms. The fourth-order valence-electron chi connectivity index (χ4n) is 6.02. The maximum absolute atomic E-state index is 15.4. The van der Waals surface area contributed by atoms with Crippen molar-refractivity contribution in [2.45, 2.75) is 70.1 Å². The average Bonchev–Trinajstić information content (AvgIpc) is 3.45. The van der Waals surface area contributed by atoms with Gasteiger partial charge in [-0.3, -0.25) is 4.90 Å². The van der Waals surface area contributed by atoms with E-state index in [1.165, 1.54) is 0 Å². The number of piperazine rings is 1. The fraction of sp³-hybridized carbons (Fsp3) is 0.630. The molecule has 0 radical (unpaired) electrons. The van der Waals surface area contributed by atoms with Crippen LogP contribution in [0.1, 0.15) is 52.9 Å². The SMILES string of the molecule is C=CCC1CN(C(=O)OC(C)(C)C)CCN1c1nc(OCC23CCCN2CCC3)nc2c(F)c(Cl)nc(Br)c12. The molecule has 0 spiro atoms. The molecule has 2 aromatic heterocycles. The van der Waals surface area contributed by atoms with Crippen molar-refractivity contribution < 1.29 is 18.7 Å². The van der Waals surface area contributed by atoms with E-state index in [-0.39, 0.29) is 34.4 Å². The molecule has 3 saturated heterocycles. The van der Waals surface area contributed by atoms with Gasteiger partial charge < -0.3 is 19.3 Å². The highest BCUT2D eigenvalue weighted by Gasteiger charge is 2.45. The third-order valence-corrected chi connectivity index (χ3v) is 8.61. The summed E-state index contributed by atoms with van der Waals surface area (Å²) in [5.41, 5.74) is -0.572. The zero-order valence-corrected chi connectivity index (χ0v) is 25.0. The number of anilines is 1. The highest BCUT2D eigenvalue weighted by Crippen LogP contribution is 2.40. The minimum Gasteiger partial charge on any atom is -0.461 e. The molecule has 3 aliphatic rings. The van der Waals surface area contributed by atoms with Crippen LogP contribution < -0.4 is 9.64 Å². The van der Waals surface area contributed by atoms with Crippen LogP contribution in [0.2, 0.25) is 5.15 Å². The highest BCUT2D eigenvalue weighted by atomic mass is 79.9. The molecule has 0 aliphatic carbocycles. The van der Waals surface area contributed by atoms with Crippen LogP contribution in [-0.4, -0.2) is 87.4 Å². The van der Waals surface area contributed by atoms with Gasteiger partial charge in [0.2, 0.25) is 0 Å². The van der Waals surface area contributed by atoms with E-state index in [1.807, 2.05) is 20.8 Å². The molecule has 1 amide bonds. The van der Waals surface area contributed by atoms with Gasteiger partial charge in [0.25, 0.3) is 0 Å². The Kier molecular flexibility index (Phi) is 7.96. The van der Waals surface area contributed by atoms with Gasteiger partial charge >= 0.3 is 12.1 Å². The fourth-order valence-corrected chi connectivity index (χ4v) is 6.84. The van der Waals surface area contributed by atoms with Crippen LogP contribution in [0.4, 0.5) is 15.0 Å². The van der Waals surface area contributed by atoms with Gasteiger partial charge in [-0.15, -0.1) is 6.58 Å². The molecule has 1 atom stereocenters. The normalized spacial score (nSPS) is 21.3. The van der Waals surface area contributed by atoms with Gasteiger partial charge in [-0.2, -0.15) is 9.97 Å². The lowest BCUT2D eigenvalue weighted by atomic mass is 9.95. The molecular formula is C27H35BrClFN6O3. The summed E-state index contributed by atoms with van der Waals surface area (Å²) in [6, 6.07) is -0.0790. The highest BCUT2D eigenvalue weighted by molar-refractivity contribution is 9.10. The second-order valence-electron chi connectivity index (χ2n) is 11.6. The van der Waals surface area contributed by atoms with E-state index in [9.17, 15) is 4.79 Å². The topological polar surface area (TPSA) is 83.9 Å². The maximum atomic E-state index is 15.4. The Morgan fingerprint density at radius 3 is 2.59 bits per heavy atom. The first-order valence-electron chi connectivity index (χ1n) is 13.5. The van der Waals surface area contributed by atoms with Gasteiger partial charge in [0.05, 0.1) is 17.0 Å². The van der Waals surface area contributed by atoms with Crippen LogP contribution in [0, 0.1) is 5.82 Å². The van der Waals surface area contributed by atoms with Gasteiger partial charge in [-0.1, -0.05) is 17.7 Å². The minimum atomic E-state index is -0.724. The quantitative estimate of drug-likeness (QED) is 0.304. The molecule has 212 valence electrons. The molecule has 5 heterocycles. The predicted octanol–water partition coefficient (Wildman–Crippen LogP) is 5.59. The van der Waals surface area contributed by atoms with Crippen molar-refractivity contribution in [3.8, 4) is 6.01 Å². The minimum absolute atomic E-state index is 0.0160. The number of carbonyl (C=O) groups excluding carboxylic acids is 1. The van der Waals surface area contributed by atoms with E-state index < -0.39 is 11.4 Å². The number of hydrogen-bond acceptors (Lipinski definition) is 8. The Labute approximate surface area is 241 Å². The number of fused-ring (bicyclic) bond motifs is 2. The first kappa shape index (κ1) is 28.3. The number of pyridine rings is 1. The second kappa shape index (κ2) is 11.0. The number of ether oxygens (including phenoxy) is 2. The molecule has 5 rings (SSSR count). The summed E-state index contributed by atoms with van der Waals surface area (Å²) in [5, 5.41) is 0.129. The summed E-state index contributed by atoms with van der Waals surface area (Å²) in [5.74, 6) is -0.245. The van der Waals surface area contributed by atoms with E-state index in [1.54, 1.807) is 11.0 Å². The zero-order valence-electron chi connectivity index (χ0n) is 22.7. The van der Waals surface area contributed by atoms with Crippen LogP contribution in [0.25, 0.3) is 10.9 Å². The van der Waals surface area contributed by atoms with E-state index in [4.69, 9.17) is 26.1 Å². The summed E-state index contributed by atoms with van der Waals surface area (Å²) in [7, 11) is 0. The Morgan fingerprint density at radius 2 is 1.92 bits per heavy atom. The second-order valence-corrected chi connectivity index (χ2v) is 12.7. The number of halogens is 3. The lowest BCUT2D eigenvalue weighted by Gasteiger charge is -2.42. The van der Waals surface area contributed by atoms with Crippen molar-refractivity contribution in [1.82, 2.24) is 24.8 Å². The predicted molar refractivity (Wildman–Crippen MR) is 152 cm³/mol. The molecule has 0 aromatic carbocycles. The number of nitrogens with zero attached hydrogens (tertiary/aromatic N) is 6. The molecular weight excluding hydrogens is 591 g/mol. The molecule has 0 saturated carbocycles. The molecule has 0 N–H and O–H groups in total. The van der Waals surface area contributed by atoms with Crippen LogP contribution >= 0.6 is 27.5 Å². The number of hydrogen-bond donors (Lipinski definition) is 0. The number of aromatic nitrogens is 3. The number of rotatable bonds is 6. The van der Waals surface area contributed by atoms with Crippen molar-refractivity contribution in [1.29, 1.82) is 0 Å². The van der Waals surface area contributed by atoms with Gasteiger partial charge in [-0.05, 0) is 81.9 Å². The molecule has 1 unspecified atom stereocenters. The van der Waals surface area contributed by atoms with Gasteiger partial charge in [0.15, 0.2) is 11.0 Å². The summed E-state index contributed by atoms with van der Waals surface area (Å²) >= 11 is 9.57. The van der Waals surface area contributed by atoms with Crippen molar-refractivity contribution in [3.63, 3.8) is 0 Å².